The van der Waals surface area contributed by atoms with Crippen LogP contribution in [0.4, 0.5) is 0 Å². The first-order valence-corrected chi connectivity index (χ1v) is 10.9. The van der Waals surface area contributed by atoms with E-state index in [4.69, 9.17) is 23.5 Å². The standard InChI is InChI=1S/C23H31N3O7/c1-29-12-9-24-22(27)8-10-26(15-17-5-4-11-32-17)23(28)19-14-21(33-25-19)18-13-16(30-2)6-7-20(18)31-3/h6-7,13-14,17H,4-5,8-12,15H2,1-3H3,(H,24,27)/t17-/m1/s1. The third kappa shape index (κ3) is 6.69. The maximum absolute atomic E-state index is 13.3. The minimum Gasteiger partial charge on any atom is -0.497 e. The first-order chi connectivity index (χ1) is 16.0. The molecule has 2 amide bonds. The highest BCUT2D eigenvalue weighted by Crippen LogP contribution is 2.34. The van der Waals surface area contributed by atoms with Crippen LogP contribution in [0.5, 0.6) is 11.5 Å². The van der Waals surface area contributed by atoms with Crippen LogP contribution in [0, 0.1) is 0 Å². The Morgan fingerprint density at radius 2 is 2.06 bits per heavy atom. The van der Waals surface area contributed by atoms with Crippen LogP contribution in [0.25, 0.3) is 11.3 Å². The van der Waals surface area contributed by atoms with Gasteiger partial charge in [0.15, 0.2) is 11.5 Å². The normalized spacial score (nSPS) is 15.3. The summed E-state index contributed by atoms with van der Waals surface area (Å²) in [6.07, 6.45) is 1.93. The van der Waals surface area contributed by atoms with Gasteiger partial charge in [0.25, 0.3) is 5.91 Å². The number of amides is 2. The summed E-state index contributed by atoms with van der Waals surface area (Å²) in [5.41, 5.74) is 0.763. The fourth-order valence-corrected chi connectivity index (χ4v) is 3.60. The van der Waals surface area contributed by atoms with E-state index in [2.05, 4.69) is 10.5 Å². The van der Waals surface area contributed by atoms with Gasteiger partial charge in [0.05, 0.1) is 32.5 Å². The largest absolute Gasteiger partial charge is 0.497 e. The second-order valence-electron chi connectivity index (χ2n) is 7.62. The van der Waals surface area contributed by atoms with Gasteiger partial charge in [0.1, 0.15) is 11.5 Å². The molecule has 3 rings (SSSR count). The van der Waals surface area contributed by atoms with Crippen molar-refractivity contribution in [2.75, 3.05) is 54.2 Å². The van der Waals surface area contributed by atoms with Crippen molar-refractivity contribution in [2.24, 2.45) is 0 Å². The lowest BCUT2D eigenvalue weighted by Gasteiger charge is -2.24. The van der Waals surface area contributed by atoms with E-state index < -0.39 is 0 Å². The maximum Gasteiger partial charge on any atom is 0.276 e. The van der Waals surface area contributed by atoms with Gasteiger partial charge in [-0.1, -0.05) is 5.16 Å². The van der Waals surface area contributed by atoms with Gasteiger partial charge < -0.3 is 33.7 Å². The molecule has 2 aromatic rings. The van der Waals surface area contributed by atoms with Gasteiger partial charge >= 0.3 is 0 Å². The number of rotatable bonds is 12. The van der Waals surface area contributed by atoms with Crippen LogP contribution in [0.3, 0.4) is 0 Å². The Hall–Kier alpha value is -3.11. The molecule has 0 spiro atoms. The number of methoxy groups -OCH3 is 3. The lowest BCUT2D eigenvalue weighted by atomic mass is 10.1. The molecule has 0 unspecified atom stereocenters. The van der Waals surface area contributed by atoms with E-state index in [1.807, 2.05) is 0 Å². The Kier molecular flexibility index (Phi) is 9.08. The van der Waals surface area contributed by atoms with Gasteiger partial charge in [-0.15, -0.1) is 0 Å². The van der Waals surface area contributed by atoms with Crippen LogP contribution in [0.1, 0.15) is 29.8 Å². The van der Waals surface area contributed by atoms with Crippen molar-refractivity contribution >= 4 is 11.8 Å². The Bertz CT molecular complexity index is 925. The molecule has 10 heteroatoms. The van der Waals surface area contributed by atoms with E-state index in [1.165, 1.54) is 0 Å². The van der Waals surface area contributed by atoms with E-state index in [9.17, 15) is 9.59 Å². The molecule has 2 heterocycles. The molecule has 1 saturated heterocycles. The average Bonchev–Trinajstić information content (AvgIpc) is 3.53. The fourth-order valence-electron chi connectivity index (χ4n) is 3.60. The molecular formula is C23H31N3O7. The molecule has 1 aromatic carbocycles. The summed E-state index contributed by atoms with van der Waals surface area (Å²) in [6, 6.07) is 6.85. The molecule has 1 atom stereocenters. The molecule has 1 N–H and O–H groups in total. The minimum atomic E-state index is -0.327. The lowest BCUT2D eigenvalue weighted by Crippen LogP contribution is -2.40. The zero-order valence-electron chi connectivity index (χ0n) is 19.3. The summed E-state index contributed by atoms with van der Waals surface area (Å²) in [5.74, 6) is 1.08. The highest BCUT2D eigenvalue weighted by molar-refractivity contribution is 5.93. The van der Waals surface area contributed by atoms with Crippen LogP contribution in [-0.2, 0) is 14.3 Å². The number of ether oxygens (including phenoxy) is 4. The van der Waals surface area contributed by atoms with Gasteiger partial charge in [0.2, 0.25) is 5.91 Å². The molecule has 1 aromatic heterocycles. The van der Waals surface area contributed by atoms with Crippen molar-refractivity contribution in [2.45, 2.75) is 25.4 Å². The predicted octanol–water partition coefficient (Wildman–Crippen LogP) is 2.13. The Labute approximate surface area is 193 Å². The van der Waals surface area contributed by atoms with Crippen molar-refractivity contribution < 1.29 is 33.1 Å². The Morgan fingerprint density at radius 3 is 2.76 bits per heavy atom. The third-order valence-corrected chi connectivity index (χ3v) is 5.37. The van der Waals surface area contributed by atoms with Gasteiger partial charge in [-0.2, -0.15) is 0 Å². The monoisotopic (exact) mass is 461 g/mol. The summed E-state index contributed by atoms with van der Waals surface area (Å²) in [7, 11) is 4.69. The Balaban J connectivity index is 1.74. The number of carbonyl (C=O) groups is 2. The van der Waals surface area contributed by atoms with Crippen molar-refractivity contribution in [1.82, 2.24) is 15.4 Å². The molecule has 1 fully saturated rings. The highest BCUT2D eigenvalue weighted by atomic mass is 16.5. The van der Waals surface area contributed by atoms with Crippen LogP contribution in [0.15, 0.2) is 28.8 Å². The second-order valence-corrected chi connectivity index (χ2v) is 7.62. The molecule has 33 heavy (non-hydrogen) atoms. The number of nitrogens with one attached hydrogen (secondary N) is 1. The molecular weight excluding hydrogens is 430 g/mol. The van der Waals surface area contributed by atoms with E-state index in [1.54, 1.807) is 50.5 Å². The van der Waals surface area contributed by atoms with Gasteiger partial charge in [0, 0.05) is 45.8 Å². The third-order valence-electron chi connectivity index (χ3n) is 5.37. The van der Waals surface area contributed by atoms with E-state index >= 15 is 0 Å². The molecule has 180 valence electrons. The quantitative estimate of drug-likeness (QED) is 0.479. The van der Waals surface area contributed by atoms with Crippen LogP contribution >= 0.6 is 0 Å². The number of nitrogens with zero attached hydrogens (tertiary/aromatic N) is 2. The molecule has 1 aliphatic heterocycles. The predicted molar refractivity (Wildman–Crippen MR) is 119 cm³/mol. The maximum atomic E-state index is 13.3. The molecule has 1 aliphatic rings. The number of aromatic nitrogens is 1. The fraction of sp³-hybridized carbons (Fsp3) is 0.522. The summed E-state index contributed by atoms with van der Waals surface area (Å²) < 4.78 is 26.8. The molecule has 0 aliphatic carbocycles. The first kappa shape index (κ1) is 24.5. The van der Waals surface area contributed by atoms with Crippen LogP contribution in [-0.4, -0.2) is 82.2 Å². The summed E-state index contributed by atoms with van der Waals surface area (Å²) in [6.45, 7) is 2.15. The van der Waals surface area contributed by atoms with Crippen molar-refractivity contribution in [1.29, 1.82) is 0 Å². The summed E-state index contributed by atoms with van der Waals surface area (Å²) in [5, 5.41) is 6.75. The average molecular weight is 462 g/mol. The molecule has 0 saturated carbocycles. The van der Waals surface area contributed by atoms with Gasteiger partial charge in [-0.25, -0.2) is 0 Å². The van der Waals surface area contributed by atoms with Crippen molar-refractivity contribution in [3.8, 4) is 22.8 Å². The molecule has 0 bridgehead atoms. The molecule has 0 radical (unpaired) electrons. The number of carbonyl (C=O) groups excluding carboxylic acids is 2. The van der Waals surface area contributed by atoms with Crippen LogP contribution in [0.2, 0.25) is 0 Å². The lowest BCUT2D eigenvalue weighted by molar-refractivity contribution is -0.121. The molecule has 10 nitrogen and oxygen atoms in total. The SMILES string of the molecule is COCCNC(=O)CCN(C[C@H]1CCCO1)C(=O)c1cc(-c2cc(OC)ccc2OC)on1. The summed E-state index contributed by atoms with van der Waals surface area (Å²) in [4.78, 5) is 27.0. The van der Waals surface area contributed by atoms with E-state index in [-0.39, 0.29) is 36.6 Å². The van der Waals surface area contributed by atoms with Gasteiger partial charge in [-0.3, -0.25) is 9.59 Å². The second kappa shape index (κ2) is 12.2. The first-order valence-electron chi connectivity index (χ1n) is 10.9. The number of hydrogen-bond acceptors (Lipinski definition) is 8. The summed E-state index contributed by atoms with van der Waals surface area (Å²) >= 11 is 0. The zero-order chi connectivity index (χ0) is 23.6. The Morgan fingerprint density at radius 1 is 1.21 bits per heavy atom. The number of hydrogen-bond donors (Lipinski definition) is 1. The minimum absolute atomic E-state index is 0.0599. The highest BCUT2D eigenvalue weighted by Gasteiger charge is 2.26. The topological polar surface area (TPSA) is 112 Å². The smallest absolute Gasteiger partial charge is 0.276 e. The van der Waals surface area contributed by atoms with E-state index in [0.29, 0.717) is 49.1 Å². The van der Waals surface area contributed by atoms with Gasteiger partial charge in [-0.05, 0) is 31.0 Å². The van der Waals surface area contributed by atoms with Crippen LogP contribution < -0.4 is 14.8 Å². The van der Waals surface area contributed by atoms with Crippen molar-refractivity contribution in [3.63, 3.8) is 0 Å². The number of benzene rings is 1. The van der Waals surface area contributed by atoms with E-state index in [0.717, 1.165) is 12.8 Å². The zero-order valence-corrected chi connectivity index (χ0v) is 19.3. The van der Waals surface area contributed by atoms with Crippen molar-refractivity contribution in [3.05, 3.63) is 30.0 Å².